The van der Waals surface area contributed by atoms with Crippen LogP contribution >= 0.6 is 0 Å². The van der Waals surface area contributed by atoms with Gasteiger partial charge in [0, 0.05) is 49.4 Å². The second-order valence-corrected chi connectivity index (χ2v) is 14.4. The Hall–Kier alpha value is -2.13. The standard InChI is InChI=1S/C36H47NO4/c1-4-15-34(25(2)38)16-13-30-28-12-17-35(39)24-36(40-21-22-41-36)18-14-31(35)32(28)29(23-33(30,34)3)26-8-10-27(11-9-26)37-19-6-5-7-20-37/h1,8-11,28-30,39H,5-7,12-24H2,2-3H3/t28-,29?,30-,33-,34+,35?/m0/s1. The molecule has 2 heterocycles. The van der Waals surface area contributed by atoms with E-state index in [1.165, 1.54) is 41.7 Å². The number of hydrogen-bond donors (Lipinski definition) is 1. The summed E-state index contributed by atoms with van der Waals surface area (Å²) in [5, 5.41) is 12.3. The summed E-state index contributed by atoms with van der Waals surface area (Å²) in [5.74, 6) is 3.51. The SMILES string of the molecule is C#CC[C@]1(C(C)=O)CC[C@H]2[C@@H]3CCC4(O)CC5(CCC4=C3C(c3ccc(N4CCCCC4)cc3)C[C@@]21C)OCCO5. The number of aliphatic hydroxyl groups is 1. The predicted molar refractivity (Wildman–Crippen MR) is 160 cm³/mol. The average molecular weight is 558 g/mol. The number of ketones is 1. The van der Waals surface area contributed by atoms with E-state index in [-0.39, 0.29) is 17.1 Å². The third-order valence-electron chi connectivity index (χ3n) is 12.7. The zero-order valence-electron chi connectivity index (χ0n) is 25.1. The van der Waals surface area contributed by atoms with Crippen LogP contribution in [0, 0.1) is 35.0 Å². The molecular weight excluding hydrogens is 510 g/mol. The Morgan fingerprint density at radius 3 is 2.49 bits per heavy atom. The van der Waals surface area contributed by atoms with Crippen LogP contribution in [-0.4, -0.2) is 48.6 Å². The van der Waals surface area contributed by atoms with Crippen molar-refractivity contribution in [3.8, 4) is 12.3 Å². The average Bonchev–Trinajstić information content (AvgIpc) is 3.54. The Balaban J connectivity index is 1.33. The highest BCUT2D eigenvalue weighted by molar-refractivity contribution is 5.84. The van der Waals surface area contributed by atoms with E-state index in [2.05, 4.69) is 42.0 Å². The van der Waals surface area contributed by atoms with Gasteiger partial charge in [0.1, 0.15) is 5.78 Å². The lowest BCUT2D eigenvalue weighted by Crippen LogP contribution is -2.55. The Bertz CT molecular complexity index is 1270. The van der Waals surface area contributed by atoms with Crippen LogP contribution in [0.3, 0.4) is 0 Å². The first-order valence-corrected chi connectivity index (χ1v) is 16.3. The Morgan fingerprint density at radius 1 is 1.07 bits per heavy atom. The van der Waals surface area contributed by atoms with Gasteiger partial charge in [0.15, 0.2) is 5.79 Å². The van der Waals surface area contributed by atoms with E-state index in [4.69, 9.17) is 15.9 Å². The number of piperidine rings is 1. The number of fused-ring (bicyclic) bond motifs is 4. The summed E-state index contributed by atoms with van der Waals surface area (Å²) in [6, 6.07) is 9.31. The van der Waals surface area contributed by atoms with Gasteiger partial charge in [0.05, 0.1) is 18.8 Å². The molecule has 5 heteroatoms. The molecule has 1 aromatic carbocycles. The van der Waals surface area contributed by atoms with E-state index >= 15 is 0 Å². The molecule has 6 atom stereocenters. The summed E-state index contributed by atoms with van der Waals surface area (Å²) >= 11 is 0. The van der Waals surface area contributed by atoms with Crippen LogP contribution in [-0.2, 0) is 14.3 Å². The van der Waals surface area contributed by atoms with Crippen molar-refractivity contribution in [1.82, 2.24) is 0 Å². The zero-order valence-corrected chi connectivity index (χ0v) is 25.1. The molecule has 2 saturated heterocycles. The van der Waals surface area contributed by atoms with Crippen molar-refractivity contribution in [2.75, 3.05) is 31.2 Å². The lowest BCUT2D eigenvalue weighted by atomic mass is 9.47. The van der Waals surface area contributed by atoms with Crippen molar-refractivity contribution < 1.29 is 19.4 Å². The summed E-state index contributed by atoms with van der Waals surface area (Å²) in [5.41, 5.74) is 3.83. The summed E-state index contributed by atoms with van der Waals surface area (Å²) in [6.45, 7) is 7.65. The number of carbonyl (C=O) groups is 1. The van der Waals surface area contributed by atoms with Gasteiger partial charge in [-0.25, -0.2) is 0 Å². The van der Waals surface area contributed by atoms with Crippen LogP contribution in [0.25, 0.3) is 0 Å². The van der Waals surface area contributed by atoms with Gasteiger partial charge < -0.3 is 19.5 Å². The summed E-state index contributed by atoms with van der Waals surface area (Å²) < 4.78 is 12.2. The molecule has 0 amide bonds. The molecule has 1 aromatic rings. The minimum atomic E-state index is -0.886. The number of Topliss-reactive ketones (excluding diaryl/α,β-unsaturated/α-hetero) is 1. The Labute approximate surface area is 246 Å². The number of ether oxygens (including phenoxy) is 2. The monoisotopic (exact) mass is 557 g/mol. The Kier molecular flexibility index (Phi) is 6.73. The largest absolute Gasteiger partial charge is 0.385 e. The molecule has 0 bridgehead atoms. The molecule has 6 aliphatic rings. The minimum Gasteiger partial charge on any atom is -0.385 e. The lowest BCUT2D eigenvalue weighted by molar-refractivity contribution is -0.208. The third-order valence-corrected chi connectivity index (χ3v) is 12.7. The van der Waals surface area contributed by atoms with Gasteiger partial charge in [-0.05, 0) is 105 Å². The first-order valence-electron chi connectivity index (χ1n) is 16.3. The first kappa shape index (κ1) is 27.7. The minimum absolute atomic E-state index is 0.168. The Morgan fingerprint density at radius 2 is 1.80 bits per heavy atom. The van der Waals surface area contributed by atoms with Crippen molar-refractivity contribution in [3.63, 3.8) is 0 Å². The van der Waals surface area contributed by atoms with Crippen molar-refractivity contribution >= 4 is 11.5 Å². The summed E-state index contributed by atoms with van der Waals surface area (Å²) in [4.78, 5) is 16.0. The molecule has 5 fully saturated rings. The van der Waals surface area contributed by atoms with Gasteiger partial charge in [0.2, 0.25) is 0 Å². The van der Waals surface area contributed by atoms with Crippen molar-refractivity contribution in [2.24, 2.45) is 22.7 Å². The van der Waals surface area contributed by atoms with Gasteiger partial charge >= 0.3 is 0 Å². The maximum absolute atomic E-state index is 13.5. The number of benzene rings is 1. The van der Waals surface area contributed by atoms with Gasteiger partial charge in [-0.2, -0.15) is 0 Å². The number of rotatable bonds is 4. The highest BCUT2D eigenvalue weighted by Gasteiger charge is 2.66. The van der Waals surface area contributed by atoms with E-state index in [9.17, 15) is 9.90 Å². The van der Waals surface area contributed by atoms with Crippen LogP contribution in [0.1, 0.15) is 102 Å². The van der Waals surface area contributed by atoms with Crippen molar-refractivity contribution in [3.05, 3.63) is 41.0 Å². The number of anilines is 1. The van der Waals surface area contributed by atoms with Gasteiger partial charge in [-0.1, -0.05) is 24.6 Å². The van der Waals surface area contributed by atoms with Crippen molar-refractivity contribution in [2.45, 2.75) is 108 Å². The maximum atomic E-state index is 13.5. The van der Waals surface area contributed by atoms with E-state index in [1.54, 1.807) is 6.92 Å². The fraction of sp³-hybridized carbons (Fsp3) is 0.694. The third kappa shape index (κ3) is 4.11. The molecule has 2 aliphatic heterocycles. The molecule has 0 aromatic heterocycles. The number of terminal acetylenes is 1. The summed E-state index contributed by atoms with van der Waals surface area (Å²) in [7, 11) is 0. The first-order chi connectivity index (χ1) is 19.7. The number of nitrogens with zero attached hydrogens (tertiary/aromatic N) is 1. The quantitative estimate of drug-likeness (QED) is 0.336. The second kappa shape index (κ2) is 9.97. The molecule has 2 unspecified atom stereocenters. The van der Waals surface area contributed by atoms with Crippen LogP contribution in [0.15, 0.2) is 35.4 Å². The molecule has 220 valence electrons. The summed E-state index contributed by atoms with van der Waals surface area (Å²) in [6.07, 6.45) is 17.0. The van der Waals surface area contributed by atoms with Gasteiger partial charge in [0.25, 0.3) is 0 Å². The highest BCUT2D eigenvalue weighted by Crippen LogP contribution is 2.71. The normalized spacial score (nSPS) is 39.7. The van der Waals surface area contributed by atoms with E-state index in [0.717, 1.165) is 58.0 Å². The molecule has 1 spiro atoms. The van der Waals surface area contributed by atoms with Crippen LogP contribution < -0.4 is 4.90 Å². The second-order valence-electron chi connectivity index (χ2n) is 14.4. The number of carbonyl (C=O) groups excluding carboxylic acids is 1. The molecule has 0 radical (unpaired) electrons. The highest BCUT2D eigenvalue weighted by atomic mass is 16.7. The molecule has 3 saturated carbocycles. The van der Waals surface area contributed by atoms with Gasteiger partial charge in [-0.15, -0.1) is 12.3 Å². The van der Waals surface area contributed by atoms with E-state index in [0.29, 0.717) is 37.9 Å². The molecule has 7 rings (SSSR count). The fourth-order valence-electron chi connectivity index (χ4n) is 10.7. The fourth-order valence-corrected chi connectivity index (χ4v) is 10.7. The molecule has 5 nitrogen and oxygen atoms in total. The zero-order chi connectivity index (χ0) is 28.5. The molecule has 1 N–H and O–H groups in total. The topological polar surface area (TPSA) is 59.0 Å². The number of hydrogen-bond acceptors (Lipinski definition) is 5. The van der Waals surface area contributed by atoms with Gasteiger partial charge in [-0.3, -0.25) is 4.79 Å². The van der Waals surface area contributed by atoms with Crippen molar-refractivity contribution in [1.29, 1.82) is 0 Å². The number of allylic oxidation sites excluding steroid dienone is 1. The van der Waals surface area contributed by atoms with E-state index in [1.807, 2.05) is 0 Å². The lowest BCUT2D eigenvalue weighted by Gasteiger charge is -2.58. The smallest absolute Gasteiger partial charge is 0.171 e. The molecule has 41 heavy (non-hydrogen) atoms. The molecule has 4 aliphatic carbocycles. The molecular formula is C36H47NO4. The maximum Gasteiger partial charge on any atom is 0.171 e. The van der Waals surface area contributed by atoms with Crippen LogP contribution in [0.2, 0.25) is 0 Å². The van der Waals surface area contributed by atoms with Crippen LogP contribution in [0.5, 0.6) is 0 Å². The van der Waals surface area contributed by atoms with E-state index < -0.39 is 16.8 Å². The predicted octanol–water partition coefficient (Wildman–Crippen LogP) is 6.54. The van der Waals surface area contributed by atoms with Crippen LogP contribution in [0.4, 0.5) is 5.69 Å².